The molecule has 1 amide bonds. The number of benzene rings is 1. The normalized spacial score (nSPS) is 13.0. The third-order valence-corrected chi connectivity index (χ3v) is 2.48. The van der Waals surface area contributed by atoms with Crippen LogP contribution in [0.15, 0.2) is 18.2 Å². The zero-order valence-electron chi connectivity index (χ0n) is 9.92. The van der Waals surface area contributed by atoms with Crippen molar-refractivity contribution in [2.24, 2.45) is 0 Å². The Morgan fingerprint density at radius 1 is 1.27 bits per heavy atom. The Balaban J connectivity index is 0.000000531. The fourth-order valence-electron chi connectivity index (χ4n) is 1.61. The van der Waals surface area contributed by atoms with Crippen LogP contribution in [0, 0.1) is 0 Å². The summed E-state index contributed by atoms with van der Waals surface area (Å²) >= 11 is 0. The van der Waals surface area contributed by atoms with Crippen molar-refractivity contribution in [3.8, 4) is 0 Å². The summed E-state index contributed by atoms with van der Waals surface area (Å²) in [6.45, 7) is 9.01. The van der Waals surface area contributed by atoms with Crippen molar-refractivity contribution in [2.75, 3.05) is 0 Å². The van der Waals surface area contributed by atoms with Crippen molar-refractivity contribution in [1.82, 2.24) is 5.32 Å². The van der Waals surface area contributed by atoms with E-state index >= 15 is 0 Å². The molecule has 2 nitrogen and oxygen atoms in total. The Morgan fingerprint density at radius 2 is 1.93 bits per heavy atom. The number of amides is 1. The maximum atomic E-state index is 11.2. The van der Waals surface area contributed by atoms with Gasteiger partial charge >= 0.3 is 0 Å². The second-order valence-electron chi connectivity index (χ2n) is 3.75. The van der Waals surface area contributed by atoms with Gasteiger partial charge in [-0.2, -0.15) is 0 Å². The molecule has 82 valence electrons. The van der Waals surface area contributed by atoms with Gasteiger partial charge < -0.3 is 5.32 Å². The van der Waals surface area contributed by atoms with Crippen LogP contribution in [0.4, 0.5) is 0 Å². The molecule has 0 bridgehead atoms. The van der Waals surface area contributed by atoms with Crippen molar-refractivity contribution >= 4 is 5.91 Å². The third kappa shape index (κ3) is 2.38. The van der Waals surface area contributed by atoms with E-state index in [1.165, 1.54) is 5.56 Å². The highest BCUT2D eigenvalue weighted by molar-refractivity contribution is 5.98. The first-order chi connectivity index (χ1) is 7.18. The maximum Gasteiger partial charge on any atom is 0.251 e. The minimum Gasteiger partial charge on any atom is -0.348 e. The van der Waals surface area contributed by atoms with Crippen LogP contribution in [0.2, 0.25) is 0 Å². The minimum atomic E-state index is 0.0605. The van der Waals surface area contributed by atoms with E-state index in [1.54, 1.807) is 0 Å². The lowest BCUT2D eigenvalue weighted by Crippen LogP contribution is -2.12. The highest BCUT2D eigenvalue weighted by atomic mass is 16.1. The molecule has 1 aliphatic rings. The van der Waals surface area contributed by atoms with Crippen LogP contribution >= 0.6 is 0 Å². The smallest absolute Gasteiger partial charge is 0.251 e. The number of fused-ring (bicyclic) bond motifs is 1. The van der Waals surface area contributed by atoms with Gasteiger partial charge in [0.25, 0.3) is 5.91 Å². The molecule has 1 aliphatic heterocycles. The summed E-state index contributed by atoms with van der Waals surface area (Å²) in [7, 11) is 0. The number of hydrogen-bond acceptors (Lipinski definition) is 1. The fraction of sp³-hybridized carbons (Fsp3) is 0.462. The Morgan fingerprint density at radius 3 is 2.53 bits per heavy atom. The molecule has 2 rings (SSSR count). The summed E-state index contributed by atoms with van der Waals surface area (Å²) in [5.74, 6) is 0.589. The average molecular weight is 205 g/mol. The molecule has 1 N–H and O–H groups in total. The zero-order valence-corrected chi connectivity index (χ0v) is 9.92. The summed E-state index contributed by atoms with van der Waals surface area (Å²) < 4.78 is 0. The Bertz CT molecular complexity index is 356. The zero-order chi connectivity index (χ0) is 11.4. The third-order valence-electron chi connectivity index (χ3n) is 2.48. The van der Waals surface area contributed by atoms with Crippen LogP contribution in [0.5, 0.6) is 0 Å². The first-order valence-electron chi connectivity index (χ1n) is 5.59. The lowest BCUT2D eigenvalue weighted by atomic mass is 9.98. The summed E-state index contributed by atoms with van der Waals surface area (Å²) in [6, 6.07) is 6.08. The van der Waals surface area contributed by atoms with E-state index in [2.05, 4.69) is 25.2 Å². The lowest BCUT2D eigenvalue weighted by molar-refractivity contribution is 0.0966. The number of hydrogen-bond donors (Lipinski definition) is 1. The van der Waals surface area contributed by atoms with Crippen molar-refractivity contribution in [1.29, 1.82) is 0 Å². The molecule has 2 heteroatoms. The molecule has 0 atom stereocenters. The molecule has 0 aromatic heterocycles. The monoisotopic (exact) mass is 205 g/mol. The predicted molar refractivity (Wildman–Crippen MR) is 63.0 cm³/mol. The van der Waals surface area contributed by atoms with E-state index < -0.39 is 0 Å². The number of nitrogens with one attached hydrogen (secondary N) is 1. The summed E-state index contributed by atoms with van der Waals surface area (Å²) in [6.07, 6.45) is 0. The van der Waals surface area contributed by atoms with Crippen LogP contribution in [0.25, 0.3) is 0 Å². The van der Waals surface area contributed by atoms with Crippen molar-refractivity contribution in [3.63, 3.8) is 0 Å². The SMILES string of the molecule is CC.CC(C)c1ccc2c(c1)CNC2=O. The number of carbonyl (C=O) groups is 1. The van der Waals surface area contributed by atoms with E-state index in [4.69, 9.17) is 0 Å². The lowest BCUT2D eigenvalue weighted by Gasteiger charge is -2.06. The van der Waals surface area contributed by atoms with E-state index in [0.29, 0.717) is 12.5 Å². The minimum absolute atomic E-state index is 0.0605. The molecular formula is C13H19NO. The maximum absolute atomic E-state index is 11.2. The van der Waals surface area contributed by atoms with Gasteiger partial charge in [0.2, 0.25) is 0 Å². The molecule has 0 saturated heterocycles. The second kappa shape index (κ2) is 4.96. The average Bonchev–Trinajstić information content (AvgIpc) is 2.63. The van der Waals surface area contributed by atoms with E-state index in [9.17, 15) is 4.79 Å². The topological polar surface area (TPSA) is 29.1 Å². The van der Waals surface area contributed by atoms with Crippen molar-refractivity contribution < 1.29 is 4.79 Å². The summed E-state index contributed by atoms with van der Waals surface area (Å²) in [5.41, 5.74) is 3.27. The molecule has 0 spiro atoms. The van der Waals surface area contributed by atoms with Gasteiger partial charge in [-0.05, 0) is 23.1 Å². The van der Waals surface area contributed by atoms with Gasteiger partial charge in [0.1, 0.15) is 0 Å². The second-order valence-corrected chi connectivity index (χ2v) is 3.75. The molecule has 0 fully saturated rings. The standard InChI is InChI=1S/C11H13NO.C2H6/c1-7(2)8-3-4-10-9(5-8)6-12-11(10)13;1-2/h3-5,7H,6H2,1-2H3,(H,12,13);1-2H3. The number of rotatable bonds is 1. The first kappa shape index (κ1) is 11.8. The van der Waals surface area contributed by atoms with E-state index in [0.717, 1.165) is 11.1 Å². The van der Waals surface area contributed by atoms with Crippen molar-refractivity contribution in [2.45, 2.75) is 40.2 Å². The highest BCUT2D eigenvalue weighted by Crippen LogP contribution is 2.21. The summed E-state index contributed by atoms with van der Waals surface area (Å²) in [5, 5.41) is 2.81. The molecule has 0 radical (unpaired) electrons. The summed E-state index contributed by atoms with van der Waals surface area (Å²) in [4.78, 5) is 11.2. The Labute approximate surface area is 91.7 Å². The molecule has 1 heterocycles. The molecular weight excluding hydrogens is 186 g/mol. The van der Waals surface area contributed by atoms with Crippen LogP contribution < -0.4 is 5.32 Å². The quantitative estimate of drug-likeness (QED) is 0.750. The Kier molecular flexibility index (Phi) is 3.89. The van der Waals surface area contributed by atoms with Gasteiger partial charge in [-0.15, -0.1) is 0 Å². The molecule has 0 saturated carbocycles. The Hall–Kier alpha value is -1.31. The van der Waals surface area contributed by atoms with Gasteiger partial charge in [0, 0.05) is 12.1 Å². The van der Waals surface area contributed by atoms with Crippen LogP contribution in [-0.4, -0.2) is 5.91 Å². The fourth-order valence-corrected chi connectivity index (χ4v) is 1.61. The highest BCUT2D eigenvalue weighted by Gasteiger charge is 2.18. The van der Waals surface area contributed by atoms with Crippen LogP contribution in [-0.2, 0) is 6.54 Å². The number of carbonyl (C=O) groups excluding carboxylic acids is 1. The van der Waals surface area contributed by atoms with Crippen LogP contribution in [0.3, 0.4) is 0 Å². The molecule has 1 aromatic rings. The molecule has 15 heavy (non-hydrogen) atoms. The van der Waals surface area contributed by atoms with Gasteiger partial charge in [-0.1, -0.05) is 39.8 Å². The molecule has 1 aromatic carbocycles. The van der Waals surface area contributed by atoms with Gasteiger partial charge in [0.15, 0.2) is 0 Å². The van der Waals surface area contributed by atoms with Crippen LogP contribution in [0.1, 0.15) is 55.1 Å². The largest absolute Gasteiger partial charge is 0.348 e. The molecule has 0 unspecified atom stereocenters. The first-order valence-corrected chi connectivity index (χ1v) is 5.59. The predicted octanol–water partition coefficient (Wildman–Crippen LogP) is 3.08. The molecule has 0 aliphatic carbocycles. The van der Waals surface area contributed by atoms with Gasteiger partial charge in [-0.3, -0.25) is 4.79 Å². The van der Waals surface area contributed by atoms with Crippen molar-refractivity contribution in [3.05, 3.63) is 34.9 Å². The van der Waals surface area contributed by atoms with E-state index in [1.807, 2.05) is 26.0 Å². The van der Waals surface area contributed by atoms with Gasteiger partial charge in [0.05, 0.1) is 0 Å². The van der Waals surface area contributed by atoms with E-state index in [-0.39, 0.29) is 5.91 Å². The van der Waals surface area contributed by atoms with Gasteiger partial charge in [-0.25, -0.2) is 0 Å².